The van der Waals surface area contributed by atoms with Crippen molar-refractivity contribution in [3.63, 3.8) is 0 Å². The van der Waals surface area contributed by atoms with Gasteiger partial charge in [0, 0.05) is 6.04 Å². The number of carboxylic acids is 1. The third kappa shape index (κ3) is 6.38. The molecule has 0 aliphatic heterocycles. The SMILES string of the molecule is CC(Cc1ccccc1C(F)(F)F)NC(=O)CSCC(=O)O. The molecule has 2 N–H and O–H groups in total. The molecule has 0 fully saturated rings. The second-order valence-corrected chi connectivity index (χ2v) is 5.70. The number of hydrogen-bond donors (Lipinski definition) is 2. The van der Waals surface area contributed by atoms with Crippen LogP contribution in [-0.4, -0.2) is 34.5 Å². The normalized spacial score (nSPS) is 12.7. The number of carbonyl (C=O) groups is 2. The fourth-order valence-corrected chi connectivity index (χ4v) is 2.45. The van der Waals surface area contributed by atoms with Crippen LogP contribution in [0.15, 0.2) is 24.3 Å². The Bertz CT molecular complexity index is 534. The van der Waals surface area contributed by atoms with E-state index in [4.69, 9.17) is 5.11 Å². The maximum absolute atomic E-state index is 12.9. The Morgan fingerprint density at radius 1 is 1.27 bits per heavy atom. The number of aliphatic carboxylic acids is 1. The third-order valence-corrected chi connectivity index (χ3v) is 3.63. The second-order valence-electron chi connectivity index (χ2n) is 4.71. The third-order valence-electron chi connectivity index (χ3n) is 2.71. The van der Waals surface area contributed by atoms with Crippen LogP contribution in [-0.2, 0) is 22.2 Å². The van der Waals surface area contributed by atoms with Gasteiger partial charge in [0.05, 0.1) is 17.1 Å². The van der Waals surface area contributed by atoms with Crippen molar-refractivity contribution in [1.82, 2.24) is 5.32 Å². The monoisotopic (exact) mass is 335 g/mol. The molecular formula is C14H16F3NO3S. The fraction of sp³-hybridized carbons (Fsp3) is 0.429. The van der Waals surface area contributed by atoms with E-state index in [-0.39, 0.29) is 23.5 Å². The Morgan fingerprint density at radius 2 is 1.91 bits per heavy atom. The fourth-order valence-electron chi connectivity index (χ4n) is 1.90. The van der Waals surface area contributed by atoms with Crippen LogP contribution in [0, 0.1) is 0 Å². The number of carboxylic acid groups (broad SMARTS) is 1. The van der Waals surface area contributed by atoms with Gasteiger partial charge < -0.3 is 10.4 Å². The topological polar surface area (TPSA) is 66.4 Å². The molecule has 0 saturated carbocycles. The zero-order valence-electron chi connectivity index (χ0n) is 11.8. The number of amides is 1. The maximum Gasteiger partial charge on any atom is 0.416 e. The molecular weight excluding hydrogens is 319 g/mol. The van der Waals surface area contributed by atoms with Crippen LogP contribution in [0.4, 0.5) is 13.2 Å². The van der Waals surface area contributed by atoms with Crippen LogP contribution >= 0.6 is 11.8 Å². The first-order chi connectivity index (χ1) is 10.2. The highest BCUT2D eigenvalue weighted by Gasteiger charge is 2.33. The summed E-state index contributed by atoms with van der Waals surface area (Å²) in [5.41, 5.74) is -0.600. The highest BCUT2D eigenvalue weighted by Crippen LogP contribution is 2.32. The van der Waals surface area contributed by atoms with Crippen LogP contribution in [0.3, 0.4) is 0 Å². The molecule has 0 aliphatic rings. The first-order valence-electron chi connectivity index (χ1n) is 6.44. The summed E-state index contributed by atoms with van der Waals surface area (Å²) in [4.78, 5) is 21.9. The van der Waals surface area contributed by atoms with E-state index in [0.29, 0.717) is 0 Å². The van der Waals surface area contributed by atoms with Crippen molar-refractivity contribution >= 4 is 23.6 Å². The molecule has 0 bridgehead atoms. The second kappa shape index (κ2) is 8.07. The predicted molar refractivity (Wildman–Crippen MR) is 77.7 cm³/mol. The Labute approximate surface area is 130 Å². The van der Waals surface area contributed by atoms with Crippen molar-refractivity contribution in [1.29, 1.82) is 0 Å². The summed E-state index contributed by atoms with van der Waals surface area (Å²) in [6.45, 7) is 1.60. The Morgan fingerprint density at radius 3 is 2.50 bits per heavy atom. The average Bonchev–Trinajstić information content (AvgIpc) is 2.37. The van der Waals surface area contributed by atoms with E-state index in [1.807, 2.05) is 0 Å². The molecule has 22 heavy (non-hydrogen) atoms. The molecule has 0 saturated heterocycles. The molecule has 0 aromatic heterocycles. The largest absolute Gasteiger partial charge is 0.481 e. The molecule has 8 heteroatoms. The van der Waals surface area contributed by atoms with Gasteiger partial charge in [0.1, 0.15) is 0 Å². The number of alkyl halides is 3. The van der Waals surface area contributed by atoms with Gasteiger partial charge in [0.25, 0.3) is 0 Å². The molecule has 1 aromatic carbocycles. The summed E-state index contributed by atoms with van der Waals surface area (Å²) >= 11 is 0.934. The van der Waals surface area contributed by atoms with Gasteiger partial charge >= 0.3 is 12.1 Å². The van der Waals surface area contributed by atoms with Gasteiger partial charge in [-0.1, -0.05) is 18.2 Å². The number of hydrogen-bond acceptors (Lipinski definition) is 3. The van der Waals surface area contributed by atoms with Crippen LogP contribution in [0.1, 0.15) is 18.1 Å². The molecule has 1 unspecified atom stereocenters. The molecule has 0 spiro atoms. The van der Waals surface area contributed by atoms with E-state index in [2.05, 4.69) is 5.32 Å². The lowest BCUT2D eigenvalue weighted by Crippen LogP contribution is -2.35. The van der Waals surface area contributed by atoms with Gasteiger partial charge in [0.2, 0.25) is 5.91 Å². The van der Waals surface area contributed by atoms with Crippen molar-refractivity contribution in [2.75, 3.05) is 11.5 Å². The lowest BCUT2D eigenvalue weighted by atomic mass is 10.0. The minimum Gasteiger partial charge on any atom is -0.481 e. The quantitative estimate of drug-likeness (QED) is 0.804. The highest BCUT2D eigenvalue weighted by atomic mass is 32.2. The molecule has 1 atom stereocenters. The van der Waals surface area contributed by atoms with Crippen molar-refractivity contribution < 1.29 is 27.9 Å². The zero-order chi connectivity index (χ0) is 16.8. The van der Waals surface area contributed by atoms with Crippen molar-refractivity contribution in [3.05, 3.63) is 35.4 Å². The van der Waals surface area contributed by atoms with Crippen molar-refractivity contribution in [2.24, 2.45) is 0 Å². The van der Waals surface area contributed by atoms with E-state index in [0.717, 1.165) is 17.8 Å². The molecule has 0 radical (unpaired) electrons. The smallest absolute Gasteiger partial charge is 0.416 e. The summed E-state index contributed by atoms with van der Waals surface area (Å²) in [6.07, 6.45) is -4.39. The lowest BCUT2D eigenvalue weighted by Gasteiger charge is -2.17. The van der Waals surface area contributed by atoms with E-state index in [1.165, 1.54) is 18.2 Å². The summed E-state index contributed by atoms with van der Waals surface area (Å²) in [7, 11) is 0. The highest BCUT2D eigenvalue weighted by molar-refractivity contribution is 8.00. The summed E-state index contributed by atoms with van der Waals surface area (Å²) in [6, 6.07) is 4.73. The van der Waals surface area contributed by atoms with Gasteiger partial charge in [-0.2, -0.15) is 13.2 Å². The lowest BCUT2D eigenvalue weighted by molar-refractivity contribution is -0.138. The summed E-state index contributed by atoms with van der Waals surface area (Å²) in [5, 5.41) is 11.0. The van der Waals surface area contributed by atoms with Gasteiger partial charge in [-0.25, -0.2) is 0 Å². The first-order valence-corrected chi connectivity index (χ1v) is 7.59. The Hall–Kier alpha value is -1.70. The number of benzene rings is 1. The Balaban J connectivity index is 2.57. The number of carbonyl (C=O) groups excluding carboxylic acids is 1. The Kier molecular flexibility index (Phi) is 6.73. The molecule has 122 valence electrons. The van der Waals surface area contributed by atoms with E-state index < -0.39 is 29.7 Å². The number of rotatable bonds is 7. The maximum atomic E-state index is 12.9. The van der Waals surface area contributed by atoms with Crippen LogP contribution in [0.2, 0.25) is 0 Å². The van der Waals surface area contributed by atoms with Gasteiger partial charge in [-0.3, -0.25) is 9.59 Å². The van der Waals surface area contributed by atoms with Gasteiger partial charge in [-0.15, -0.1) is 11.8 Å². The summed E-state index contributed by atoms with van der Waals surface area (Å²) < 4.78 is 38.6. The molecule has 4 nitrogen and oxygen atoms in total. The molecule has 1 rings (SSSR count). The van der Waals surface area contributed by atoms with Crippen LogP contribution in [0.5, 0.6) is 0 Å². The van der Waals surface area contributed by atoms with Crippen LogP contribution < -0.4 is 5.32 Å². The van der Waals surface area contributed by atoms with E-state index >= 15 is 0 Å². The van der Waals surface area contributed by atoms with Gasteiger partial charge in [0.15, 0.2) is 0 Å². The van der Waals surface area contributed by atoms with Crippen molar-refractivity contribution in [3.8, 4) is 0 Å². The van der Waals surface area contributed by atoms with E-state index in [1.54, 1.807) is 6.92 Å². The predicted octanol–water partition coefficient (Wildman–Crippen LogP) is 2.57. The van der Waals surface area contributed by atoms with E-state index in [9.17, 15) is 22.8 Å². The standard InChI is InChI=1S/C14H16F3NO3S/c1-9(18-12(19)7-22-8-13(20)21)6-10-4-2-3-5-11(10)14(15,16)17/h2-5,9H,6-8H2,1H3,(H,18,19)(H,20,21). The van der Waals surface area contributed by atoms with Crippen molar-refractivity contribution in [2.45, 2.75) is 25.6 Å². The number of halogens is 3. The molecule has 1 amide bonds. The van der Waals surface area contributed by atoms with Gasteiger partial charge in [-0.05, 0) is 25.0 Å². The first kappa shape index (κ1) is 18.3. The average molecular weight is 335 g/mol. The molecule has 0 heterocycles. The molecule has 0 aliphatic carbocycles. The van der Waals surface area contributed by atoms with Crippen LogP contribution in [0.25, 0.3) is 0 Å². The molecule has 1 aromatic rings. The minimum absolute atomic E-state index is 0.0441. The number of thioether (sulfide) groups is 1. The summed E-state index contributed by atoms with van der Waals surface area (Å²) in [5.74, 6) is -1.66. The zero-order valence-corrected chi connectivity index (χ0v) is 12.6. The number of nitrogens with one attached hydrogen (secondary N) is 1. The minimum atomic E-state index is -4.43.